The van der Waals surface area contributed by atoms with E-state index in [-0.39, 0.29) is 24.0 Å². The van der Waals surface area contributed by atoms with Gasteiger partial charge >= 0.3 is 6.09 Å². The molecule has 2 aromatic rings. The summed E-state index contributed by atoms with van der Waals surface area (Å²) in [6.07, 6.45) is 1.43. The second-order valence-corrected chi connectivity index (χ2v) is 9.81. The van der Waals surface area contributed by atoms with Crippen molar-refractivity contribution < 1.29 is 18.8 Å². The van der Waals surface area contributed by atoms with Crippen molar-refractivity contribution in [3.63, 3.8) is 0 Å². The summed E-state index contributed by atoms with van der Waals surface area (Å²) in [7, 11) is 0. The van der Waals surface area contributed by atoms with Gasteiger partial charge in [0.25, 0.3) is 0 Å². The number of benzene rings is 1. The summed E-state index contributed by atoms with van der Waals surface area (Å²) < 4.78 is 10.8. The van der Waals surface area contributed by atoms with Gasteiger partial charge in [-0.25, -0.2) is 4.79 Å². The molecule has 0 spiro atoms. The molecular formula is C23H32N4O4. The fraction of sp³-hybridized carbons (Fsp3) is 0.522. The Hall–Kier alpha value is -3.03. The van der Waals surface area contributed by atoms with Gasteiger partial charge in [-0.05, 0) is 51.3 Å². The maximum atomic E-state index is 12.6. The van der Waals surface area contributed by atoms with Crippen molar-refractivity contribution in [1.82, 2.24) is 5.16 Å². The van der Waals surface area contributed by atoms with E-state index in [4.69, 9.17) is 9.26 Å². The first-order chi connectivity index (χ1) is 14.4. The fourth-order valence-electron chi connectivity index (χ4n) is 3.24. The molecule has 3 rings (SSSR count). The Labute approximate surface area is 183 Å². The topological polar surface area (TPSA) is 96.7 Å². The number of nitrogens with one attached hydrogen (secondary N) is 2. The van der Waals surface area contributed by atoms with Gasteiger partial charge in [-0.2, -0.15) is 0 Å². The van der Waals surface area contributed by atoms with Gasteiger partial charge < -0.3 is 14.6 Å². The first-order valence-electron chi connectivity index (χ1n) is 10.6. The number of carbonyl (C=O) groups excluding carboxylic acids is 2. The van der Waals surface area contributed by atoms with Gasteiger partial charge in [0.2, 0.25) is 11.8 Å². The average Bonchev–Trinajstić information content (AvgIpc) is 3.13. The van der Waals surface area contributed by atoms with E-state index < -0.39 is 5.60 Å². The summed E-state index contributed by atoms with van der Waals surface area (Å²) in [5.41, 5.74) is 2.70. The molecule has 0 saturated carbocycles. The van der Waals surface area contributed by atoms with E-state index in [0.717, 1.165) is 35.5 Å². The van der Waals surface area contributed by atoms with E-state index in [1.807, 2.05) is 59.7 Å². The van der Waals surface area contributed by atoms with E-state index in [9.17, 15) is 9.59 Å². The number of amides is 2. The molecule has 0 saturated heterocycles. The SMILES string of the molecule is CC(C)(C)OC(=O)N1CCCc2ccc(NCC(=O)Nc3cc(C(C)(C)C)no3)cc21. The number of fused-ring (bicyclic) bond motifs is 1. The number of rotatable bonds is 4. The van der Waals surface area contributed by atoms with Gasteiger partial charge in [0.05, 0.1) is 17.9 Å². The van der Waals surface area contributed by atoms with Crippen LogP contribution in [0.3, 0.4) is 0 Å². The molecule has 8 heteroatoms. The summed E-state index contributed by atoms with van der Waals surface area (Å²) in [5, 5.41) is 9.81. The van der Waals surface area contributed by atoms with Crippen LogP contribution in [0.4, 0.5) is 22.1 Å². The molecule has 0 unspecified atom stereocenters. The van der Waals surface area contributed by atoms with Gasteiger partial charge in [0.1, 0.15) is 5.60 Å². The third-order valence-electron chi connectivity index (χ3n) is 4.81. The zero-order valence-corrected chi connectivity index (χ0v) is 19.2. The van der Waals surface area contributed by atoms with Crippen LogP contribution < -0.4 is 15.5 Å². The number of carbonyl (C=O) groups is 2. The average molecular weight is 429 g/mol. The zero-order valence-electron chi connectivity index (χ0n) is 19.2. The highest BCUT2D eigenvalue weighted by Crippen LogP contribution is 2.31. The van der Waals surface area contributed by atoms with E-state index in [1.165, 1.54) is 0 Å². The third kappa shape index (κ3) is 5.99. The van der Waals surface area contributed by atoms with Gasteiger partial charge in [-0.15, -0.1) is 0 Å². The highest BCUT2D eigenvalue weighted by molar-refractivity contribution is 5.93. The molecule has 0 bridgehead atoms. The molecule has 2 heterocycles. The van der Waals surface area contributed by atoms with Crippen molar-refractivity contribution in [2.75, 3.05) is 28.6 Å². The first kappa shape index (κ1) is 22.7. The maximum absolute atomic E-state index is 12.6. The molecule has 1 aromatic carbocycles. The van der Waals surface area contributed by atoms with Crippen LogP contribution in [-0.2, 0) is 21.4 Å². The van der Waals surface area contributed by atoms with E-state index in [0.29, 0.717) is 12.4 Å². The van der Waals surface area contributed by atoms with Gasteiger partial charge in [-0.1, -0.05) is 32.0 Å². The van der Waals surface area contributed by atoms with E-state index in [2.05, 4.69) is 15.8 Å². The Balaban J connectivity index is 1.64. The molecule has 0 atom stereocenters. The lowest BCUT2D eigenvalue weighted by molar-refractivity contribution is -0.114. The minimum atomic E-state index is -0.559. The number of hydrogen-bond acceptors (Lipinski definition) is 6. The molecule has 168 valence electrons. The van der Waals surface area contributed by atoms with Crippen LogP contribution in [0.15, 0.2) is 28.8 Å². The van der Waals surface area contributed by atoms with E-state index in [1.54, 1.807) is 11.0 Å². The fourth-order valence-corrected chi connectivity index (χ4v) is 3.24. The van der Waals surface area contributed by atoms with E-state index >= 15 is 0 Å². The summed E-state index contributed by atoms with van der Waals surface area (Å²) in [5.74, 6) is 0.0663. The Morgan fingerprint density at radius 2 is 1.90 bits per heavy atom. The van der Waals surface area contributed by atoms with Crippen LogP contribution in [-0.4, -0.2) is 35.8 Å². The lowest BCUT2D eigenvalue weighted by atomic mass is 9.92. The van der Waals surface area contributed by atoms with Crippen LogP contribution in [0.5, 0.6) is 0 Å². The van der Waals surface area contributed by atoms with Crippen LogP contribution in [0, 0.1) is 0 Å². The monoisotopic (exact) mass is 428 g/mol. The molecule has 1 aromatic heterocycles. The van der Waals surface area contributed by atoms with Crippen molar-refractivity contribution in [2.45, 2.75) is 65.4 Å². The van der Waals surface area contributed by atoms with Crippen molar-refractivity contribution >= 4 is 29.3 Å². The summed E-state index contributed by atoms with van der Waals surface area (Å²) in [6, 6.07) is 7.52. The molecule has 0 aliphatic carbocycles. The Bertz CT molecular complexity index is 953. The molecule has 0 radical (unpaired) electrons. The Morgan fingerprint density at radius 1 is 1.16 bits per heavy atom. The van der Waals surface area contributed by atoms with Crippen molar-refractivity contribution in [3.8, 4) is 0 Å². The molecule has 1 aliphatic rings. The number of aromatic nitrogens is 1. The van der Waals surface area contributed by atoms with Crippen LogP contribution in [0.2, 0.25) is 0 Å². The number of anilines is 3. The third-order valence-corrected chi connectivity index (χ3v) is 4.81. The number of ether oxygens (including phenoxy) is 1. The first-order valence-corrected chi connectivity index (χ1v) is 10.6. The normalized spacial score (nSPS) is 14.1. The van der Waals surface area contributed by atoms with Crippen LogP contribution in [0.1, 0.15) is 59.2 Å². The molecular weight excluding hydrogens is 396 g/mol. The lowest BCUT2D eigenvalue weighted by Crippen LogP contribution is -2.39. The predicted octanol–water partition coefficient (Wildman–Crippen LogP) is 4.71. The number of aryl methyl sites for hydroxylation is 1. The Morgan fingerprint density at radius 3 is 2.55 bits per heavy atom. The molecule has 2 N–H and O–H groups in total. The molecule has 2 amide bonds. The molecule has 8 nitrogen and oxygen atoms in total. The summed E-state index contributed by atoms with van der Waals surface area (Å²) in [6.45, 7) is 12.3. The quantitative estimate of drug-likeness (QED) is 0.732. The highest BCUT2D eigenvalue weighted by atomic mass is 16.6. The standard InChI is InChI=1S/C23H32N4O4/c1-22(2,3)18-13-20(31-26-18)25-19(28)14-24-16-10-9-15-8-7-11-27(17(15)12-16)21(29)30-23(4,5)6/h9-10,12-13,24H,7-8,11,14H2,1-6H3,(H,25,28). The largest absolute Gasteiger partial charge is 0.443 e. The molecule has 0 fully saturated rings. The molecule has 1 aliphatic heterocycles. The number of nitrogens with zero attached hydrogens (tertiary/aromatic N) is 2. The number of hydrogen-bond donors (Lipinski definition) is 2. The maximum Gasteiger partial charge on any atom is 0.414 e. The van der Waals surface area contributed by atoms with Crippen molar-refractivity contribution in [2.24, 2.45) is 0 Å². The second kappa shape index (κ2) is 8.61. The minimum absolute atomic E-state index is 0.0524. The van der Waals surface area contributed by atoms with Crippen molar-refractivity contribution in [1.29, 1.82) is 0 Å². The second-order valence-electron chi connectivity index (χ2n) is 9.81. The van der Waals surface area contributed by atoms with Crippen LogP contribution in [0.25, 0.3) is 0 Å². The smallest absolute Gasteiger partial charge is 0.414 e. The zero-order chi connectivity index (χ0) is 22.8. The predicted molar refractivity (Wildman–Crippen MR) is 121 cm³/mol. The van der Waals surface area contributed by atoms with Gasteiger partial charge in [0.15, 0.2) is 0 Å². The van der Waals surface area contributed by atoms with Crippen LogP contribution >= 0.6 is 0 Å². The highest BCUT2D eigenvalue weighted by Gasteiger charge is 2.27. The lowest BCUT2D eigenvalue weighted by Gasteiger charge is -2.32. The minimum Gasteiger partial charge on any atom is -0.443 e. The summed E-state index contributed by atoms with van der Waals surface area (Å²) >= 11 is 0. The molecule has 31 heavy (non-hydrogen) atoms. The van der Waals surface area contributed by atoms with Gasteiger partial charge in [0, 0.05) is 23.7 Å². The summed E-state index contributed by atoms with van der Waals surface area (Å²) in [4.78, 5) is 26.6. The Kier molecular flexibility index (Phi) is 6.29. The van der Waals surface area contributed by atoms with Crippen molar-refractivity contribution in [3.05, 3.63) is 35.5 Å². The van der Waals surface area contributed by atoms with Gasteiger partial charge in [-0.3, -0.25) is 15.0 Å².